The number of alkyl halides is 3. The van der Waals surface area contributed by atoms with Crippen LogP contribution in [-0.4, -0.2) is 72.4 Å². The Bertz CT molecular complexity index is 1010. The van der Waals surface area contributed by atoms with Gasteiger partial charge in [0.05, 0.1) is 11.5 Å². The largest absolute Gasteiger partial charge is 0.491 e. The minimum atomic E-state index is -4.71. The number of halogens is 3. The Kier molecular flexibility index (Phi) is 6.86. The fourth-order valence-electron chi connectivity index (χ4n) is 4.55. The van der Waals surface area contributed by atoms with Crippen molar-refractivity contribution in [2.45, 2.75) is 44.9 Å². The van der Waals surface area contributed by atoms with Crippen molar-refractivity contribution in [2.24, 2.45) is 5.41 Å². The van der Waals surface area contributed by atoms with Crippen molar-refractivity contribution in [1.29, 1.82) is 0 Å². The molecule has 0 saturated carbocycles. The Balaban J connectivity index is 1.58. The summed E-state index contributed by atoms with van der Waals surface area (Å²) >= 11 is 0. The van der Waals surface area contributed by atoms with Gasteiger partial charge in [-0.25, -0.2) is 0 Å². The van der Waals surface area contributed by atoms with Gasteiger partial charge in [-0.05, 0) is 52.4 Å². The molecule has 1 atom stereocenters. The summed E-state index contributed by atoms with van der Waals surface area (Å²) in [5, 5.41) is 3.45. The third kappa shape index (κ3) is 4.90. The first-order valence-corrected chi connectivity index (χ1v) is 11.3. The molecule has 0 bridgehead atoms. The summed E-state index contributed by atoms with van der Waals surface area (Å²) in [4.78, 5) is 21.4. The highest BCUT2D eigenvalue weighted by molar-refractivity contribution is 5.83. The molecule has 3 heterocycles. The molecule has 0 spiro atoms. The molecule has 1 saturated heterocycles. The van der Waals surface area contributed by atoms with Gasteiger partial charge in [-0.2, -0.15) is 18.2 Å². The number of carbonyl (C=O) groups excluding carboxylic acids is 1. The first-order valence-electron chi connectivity index (χ1n) is 11.3. The summed E-state index contributed by atoms with van der Waals surface area (Å²) in [7, 11) is 3.70. The van der Waals surface area contributed by atoms with Crippen LogP contribution in [0.15, 0.2) is 22.7 Å². The van der Waals surface area contributed by atoms with E-state index < -0.39 is 17.5 Å². The average Bonchev–Trinajstić information content (AvgIpc) is 3.26. The molecule has 34 heavy (non-hydrogen) atoms. The number of carbonyl (C=O) groups is 1. The SMILES string of the molecule is COCCC1(C(=O)N2Cc3ccc(-c4noc(C(F)(F)F)n4)cc3OC[C@@H]2C)CCN(C)CC1. The van der Waals surface area contributed by atoms with Crippen LogP contribution < -0.4 is 4.74 Å². The van der Waals surface area contributed by atoms with E-state index in [9.17, 15) is 18.0 Å². The highest BCUT2D eigenvalue weighted by atomic mass is 19.4. The Hall–Kier alpha value is -2.66. The van der Waals surface area contributed by atoms with E-state index in [1.807, 2.05) is 11.8 Å². The fraction of sp³-hybridized carbons (Fsp3) is 0.609. The molecule has 1 fully saturated rings. The minimum absolute atomic E-state index is 0.0960. The van der Waals surface area contributed by atoms with Gasteiger partial charge in [0.25, 0.3) is 0 Å². The first-order chi connectivity index (χ1) is 16.1. The summed E-state index contributed by atoms with van der Waals surface area (Å²) in [5.41, 5.74) is 0.632. The molecule has 0 aliphatic carbocycles. The molecule has 8 nitrogen and oxygen atoms in total. The molecular formula is C23H29F3N4O4. The maximum atomic E-state index is 13.9. The predicted octanol–water partition coefficient (Wildman–Crippen LogP) is 3.61. The molecule has 2 aliphatic heterocycles. The van der Waals surface area contributed by atoms with Crippen molar-refractivity contribution < 1.29 is 32.0 Å². The van der Waals surface area contributed by atoms with Crippen LogP contribution in [0.3, 0.4) is 0 Å². The van der Waals surface area contributed by atoms with E-state index in [0.29, 0.717) is 30.9 Å². The van der Waals surface area contributed by atoms with Crippen molar-refractivity contribution in [3.63, 3.8) is 0 Å². The molecule has 2 aliphatic rings. The van der Waals surface area contributed by atoms with Crippen LogP contribution in [-0.2, 0) is 22.3 Å². The topological polar surface area (TPSA) is 80.9 Å². The van der Waals surface area contributed by atoms with E-state index in [0.717, 1.165) is 31.5 Å². The van der Waals surface area contributed by atoms with Gasteiger partial charge in [0.1, 0.15) is 12.4 Å². The minimum Gasteiger partial charge on any atom is -0.491 e. The number of fused-ring (bicyclic) bond motifs is 1. The Labute approximate surface area is 196 Å². The molecule has 0 N–H and O–H groups in total. The Morgan fingerprint density at radius 3 is 2.68 bits per heavy atom. The van der Waals surface area contributed by atoms with Gasteiger partial charge in [0.2, 0.25) is 11.7 Å². The highest BCUT2D eigenvalue weighted by Gasteiger charge is 2.44. The number of ether oxygens (including phenoxy) is 2. The molecular weight excluding hydrogens is 453 g/mol. The van der Waals surface area contributed by atoms with Crippen LogP contribution in [0, 0.1) is 5.41 Å². The molecule has 1 aromatic carbocycles. The molecule has 1 aromatic heterocycles. The molecule has 4 rings (SSSR count). The summed E-state index contributed by atoms with van der Waals surface area (Å²) < 4.78 is 54.1. The van der Waals surface area contributed by atoms with Crippen molar-refractivity contribution >= 4 is 5.91 Å². The zero-order valence-corrected chi connectivity index (χ0v) is 19.5. The van der Waals surface area contributed by atoms with Crippen LogP contribution in [0.1, 0.15) is 37.6 Å². The number of benzene rings is 1. The standard InChI is InChI=1S/C23H29F3N4O4/c1-15-14-33-18-12-16(19-27-20(34-28-19)23(24,25)26)4-5-17(18)13-30(15)21(31)22(8-11-32-3)6-9-29(2)10-7-22/h4-5,12,15H,6-11,13-14H2,1-3H3/t15-/m0/s1. The summed E-state index contributed by atoms with van der Waals surface area (Å²) in [6.45, 7) is 4.76. The number of hydrogen-bond donors (Lipinski definition) is 0. The van der Waals surface area contributed by atoms with Crippen molar-refractivity contribution in [3.8, 4) is 17.1 Å². The van der Waals surface area contributed by atoms with Gasteiger partial charge >= 0.3 is 12.1 Å². The van der Waals surface area contributed by atoms with Crippen LogP contribution in [0.5, 0.6) is 5.75 Å². The summed E-state index contributed by atoms with van der Waals surface area (Å²) in [6.07, 6.45) is -2.52. The summed E-state index contributed by atoms with van der Waals surface area (Å²) in [6, 6.07) is 4.77. The number of likely N-dealkylation sites (tertiary alicyclic amines) is 1. The maximum absolute atomic E-state index is 13.9. The normalized spacial score (nSPS) is 21.0. The molecule has 2 aromatic rings. The van der Waals surface area contributed by atoms with Crippen LogP contribution in [0.4, 0.5) is 13.2 Å². The van der Waals surface area contributed by atoms with Crippen LogP contribution in [0.25, 0.3) is 11.4 Å². The van der Waals surface area contributed by atoms with Gasteiger partial charge in [0.15, 0.2) is 0 Å². The second kappa shape index (κ2) is 9.53. The third-order valence-corrected chi connectivity index (χ3v) is 6.79. The number of nitrogens with zero attached hydrogens (tertiary/aromatic N) is 4. The Morgan fingerprint density at radius 2 is 2.03 bits per heavy atom. The van der Waals surface area contributed by atoms with Gasteiger partial charge in [-0.1, -0.05) is 17.3 Å². The number of aromatic nitrogens is 2. The number of rotatable bonds is 5. The number of methoxy groups -OCH3 is 1. The van der Waals surface area contributed by atoms with Crippen molar-refractivity contribution in [1.82, 2.24) is 19.9 Å². The van der Waals surface area contributed by atoms with Crippen LogP contribution in [0.2, 0.25) is 0 Å². The van der Waals surface area contributed by atoms with Gasteiger partial charge < -0.3 is 23.8 Å². The van der Waals surface area contributed by atoms with E-state index in [1.54, 1.807) is 25.3 Å². The van der Waals surface area contributed by atoms with E-state index in [4.69, 9.17) is 9.47 Å². The second-order valence-corrected chi connectivity index (χ2v) is 9.16. The molecule has 186 valence electrons. The van der Waals surface area contributed by atoms with Crippen molar-refractivity contribution in [3.05, 3.63) is 29.7 Å². The Morgan fingerprint density at radius 1 is 1.29 bits per heavy atom. The average molecular weight is 483 g/mol. The number of amides is 1. The van der Waals surface area contributed by atoms with Crippen molar-refractivity contribution in [2.75, 3.05) is 40.5 Å². The maximum Gasteiger partial charge on any atom is 0.471 e. The quantitative estimate of drug-likeness (QED) is 0.644. The van der Waals surface area contributed by atoms with E-state index in [2.05, 4.69) is 26.6 Å². The first kappa shape index (κ1) is 24.5. The molecule has 11 heteroatoms. The lowest BCUT2D eigenvalue weighted by molar-refractivity contribution is -0.159. The zero-order valence-electron chi connectivity index (χ0n) is 19.5. The number of piperidine rings is 1. The van der Waals surface area contributed by atoms with Gasteiger partial charge in [0, 0.05) is 31.4 Å². The van der Waals surface area contributed by atoms with E-state index >= 15 is 0 Å². The fourth-order valence-corrected chi connectivity index (χ4v) is 4.55. The zero-order chi connectivity index (χ0) is 24.5. The highest BCUT2D eigenvalue weighted by Crippen LogP contribution is 2.39. The summed E-state index contributed by atoms with van der Waals surface area (Å²) in [5.74, 6) is -0.983. The third-order valence-electron chi connectivity index (χ3n) is 6.79. The molecule has 0 unspecified atom stereocenters. The second-order valence-electron chi connectivity index (χ2n) is 9.16. The van der Waals surface area contributed by atoms with Gasteiger partial charge in [-0.15, -0.1) is 0 Å². The smallest absolute Gasteiger partial charge is 0.471 e. The molecule has 1 amide bonds. The lowest BCUT2D eigenvalue weighted by Gasteiger charge is -2.43. The van der Waals surface area contributed by atoms with E-state index in [-0.39, 0.29) is 24.4 Å². The number of hydrogen-bond acceptors (Lipinski definition) is 7. The lowest BCUT2D eigenvalue weighted by Crippen LogP contribution is -2.52. The predicted molar refractivity (Wildman–Crippen MR) is 116 cm³/mol. The lowest BCUT2D eigenvalue weighted by atomic mass is 9.74. The van der Waals surface area contributed by atoms with Gasteiger partial charge in [-0.3, -0.25) is 4.79 Å². The van der Waals surface area contributed by atoms with Crippen LogP contribution >= 0.6 is 0 Å². The van der Waals surface area contributed by atoms with E-state index in [1.165, 1.54) is 0 Å². The molecule has 0 radical (unpaired) electrons. The monoisotopic (exact) mass is 482 g/mol.